The van der Waals surface area contributed by atoms with E-state index in [2.05, 4.69) is 34.2 Å². The summed E-state index contributed by atoms with van der Waals surface area (Å²) in [6, 6.07) is 14.3. The van der Waals surface area contributed by atoms with Gasteiger partial charge in [0.2, 0.25) is 5.91 Å². The van der Waals surface area contributed by atoms with E-state index in [1.54, 1.807) is 11.3 Å². The van der Waals surface area contributed by atoms with Gasteiger partial charge in [-0.1, -0.05) is 36.4 Å². The number of carbonyl (C=O) groups is 1. The van der Waals surface area contributed by atoms with Crippen molar-refractivity contribution >= 4 is 17.2 Å². The third-order valence-corrected chi connectivity index (χ3v) is 4.85. The first-order valence-electron chi connectivity index (χ1n) is 7.44. The van der Waals surface area contributed by atoms with Crippen molar-refractivity contribution < 1.29 is 4.79 Å². The van der Waals surface area contributed by atoms with Gasteiger partial charge in [-0.25, -0.2) is 0 Å². The van der Waals surface area contributed by atoms with Crippen LogP contribution < -0.4 is 10.6 Å². The van der Waals surface area contributed by atoms with Crippen LogP contribution in [0.15, 0.2) is 47.8 Å². The van der Waals surface area contributed by atoms with E-state index in [9.17, 15) is 4.79 Å². The van der Waals surface area contributed by atoms with Crippen LogP contribution in [0.4, 0.5) is 0 Å². The molecule has 4 heteroatoms. The Bertz CT molecular complexity index is 562. The zero-order chi connectivity index (χ0) is 14.5. The van der Waals surface area contributed by atoms with Gasteiger partial charge >= 0.3 is 0 Å². The topological polar surface area (TPSA) is 41.1 Å². The minimum atomic E-state index is -0.0411. The Morgan fingerprint density at radius 1 is 1.24 bits per heavy atom. The van der Waals surface area contributed by atoms with Crippen molar-refractivity contribution in [2.75, 3.05) is 13.1 Å². The Morgan fingerprint density at radius 2 is 2.10 bits per heavy atom. The third kappa shape index (κ3) is 3.52. The SMILES string of the molecule is O=C(NC(c1ccccc1)c1cccs1)[C@H]1CCCNC1. The number of rotatable bonds is 4. The number of amides is 1. The molecular weight excluding hydrogens is 280 g/mol. The number of hydrogen-bond acceptors (Lipinski definition) is 3. The van der Waals surface area contributed by atoms with Crippen molar-refractivity contribution in [3.63, 3.8) is 0 Å². The highest BCUT2D eigenvalue weighted by atomic mass is 32.1. The Hall–Kier alpha value is -1.65. The largest absolute Gasteiger partial charge is 0.344 e. The Morgan fingerprint density at radius 3 is 2.76 bits per heavy atom. The minimum Gasteiger partial charge on any atom is -0.344 e. The summed E-state index contributed by atoms with van der Waals surface area (Å²) in [5.41, 5.74) is 1.14. The van der Waals surface area contributed by atoms with Crippen LogP contribution in [0.5, 0.6) is 0 Å². The fourth-order valence-electron chi connectivity index (χ4n) is 2.76. The van der Waals surface area contributed by atoms with Crippen molar-refractivity contribution in [3.05, 3.63) is 58.3 Å². The molecule has 1 fully saturated rings. The van der Waals surface area contributed by atoms with E-state index in [0.717, 1.165) is 31.5 Å². The van der Waals surface area contributed by atoms with E-state index in [-0.39, 0.29) is 17.9 Å². The quantitative estimate of drug-likeness (QED) is 0.911. The van der Waals surface area contributed by atoms with E-state index in [1.165, 1.54) is 4.88 Å². The Labute approximate surface area is 129 Å². The number of carbonyl (C=O) groups excluding carboxylic acids is 1. The Balaban J connectivity index is 1.78. The molecule has 0 saturated carbocycles. The normalized spacial score (nSPS) is 19.9. The lowest BCUT2D eigenvalue weighted by Crippen LogP contribution is -2.41. The summed E-state index contributed by atoms with van der Waals surface area (Å²) < 4.78 is 0. The summed E-state index contributed by atoms with van der Waals surface area (Å²) >= 11 is 1.68. The molecule has 3 rings (SSSR count). The number of nitrogens with one attached hydrogen (secondary N) is 2. The van der Waals surface area contributed by atoms with Crippen LogP contribution in [0, 0.1) is 5.92 Å². The monoisotopic (exact) mass is 300 g/mol. The van der Waals surface area contributed by atoms with E-state index >= 15 is 0 Å². The Kier molecular flexibility index (Phi) is 4.68. The average molecular weight is 300 g/mol. The fraction of sp³-hybridized carbons (Fsp3) is 0.353. The van der Waals surface area contributed by atoms with E-state index in [1.807, 2.05) is 24.3 Å². The van der Waals surface area contributed by atoms with Gasteiger partial charge in [-0.15, -0.1) is 11.3 Å². The van der Waals surface area contributed by atoms with Crippen molar-refractivity contribution in [1.82, 2.24) is 10.6 Å². The molecule has 1 aliphatic rings. The average Bonchev–Trinajstić information content (AvgIpc) is 3.08. The summed E-state index contributed by atoms with van der Waals surface area (Å²) in [4.78, 5) is 13.7. The number of piperidine rings is 1. The van der Waals surface area contributed by atoms with Crippen LogP contribution in [0.3, 0.4) is 0 Å². The van der Waals surface area contributed by atoms with Gasteiger partial charge in [0.1, 0.15) is 0 Å². The summed E-state index contributed by atoms with van der Waals surface area (Å²) in [6.07, 6.45) is 2.05. The number of thiophene rings is 1. The van der Waals surface area contributed by atoms with E-state index in [4.69, 9.17) is 0 Å². The molecule has 1 unspecified atom stereocenters. The van der Waals surface area contributed by atoms with Gasteiger partial charge in [0.15, 0.2) is 0 Å². The van der Waals surface area contributed by atoms with Crippen LogP contribution in [0.1, 0.15) is 29.3 Å². The number of hydrogen-bond donors (Lipinski definition) is 2. The van der Waals surface area contributed by atoms with Crippen LogP contribution in [-0.2, 0) is 4.79 Å². The molecule has 0 bridgehead atoms. The summed E-state index contributed by atoms with van der Waals surface area (Å²) in [6.45, 7) is 1.81. The zero-order valence-electron chi connectivity index (χ0n) is 11.9. The van der Waals surface area contributed by atoms with Crippen LogP contribution in [-0.4, -0.2) is 19.0 Å². The van der Waals surface area contributed by atoms with Crippen molar-refractivity contribution in [2.45, 2.75) is 18.9 Å². The molecule has 1 aliphatic heterocycles. The lowest BCUT2D eigenvalue weighted by atomic mass is 9.97. The maximum Gasteiger partial charge on any atom is 0.225 e. The van der Waals surface area contributed by atoms with Crippen LogP contribution in [0.2, 0.25) is 0 Å². The zero-order valence-corrected chi connectivity index (χ0v) is 12.7. The second kappa shape index (κ2) is 6.87. The molecule has 2 aromatic rings. The highest BCUT2D eigenvalue weighted by Gasteiger charge is 2.25. The molecule has 3 nitrogen and oxygen atoms in total. The summed E-state index contributed by atoms with van der Waals surface area (Å²) in [7, 11) is 0. The molecule has 1 amide bonds. The van der Waals surface area contributed by atoms with Gasteiger partial charge in [0, 0.05) is 11.4 Å². The van der Waals surface area contributed by atoms with Crippen molar-refractivity contribution in [2.24, 2.45) is 5.92 Å². The highest BCUT2D eigenvalue weighted by Crippen LogP contribution is 2.26. The first-order valence-corrected chi connectivity index (χ1v) is 8.32. The van der Waals surface area contributed by atoms with Gasteiger partial charge in [-0.05, 0) is 36.4 Å². The second-order valence-corrected chi connectivity index (χ2v) is 6.39. The van der Waals surface area contributed by atoms with Crippen LogP contribution in [0.25, 0.3) is 0 Å². The number of benzene rings is 1. The molecule has 110 valence electrons. The minimum absolute atomic E-state index is 0.0411. The lowest BCUT2D eigenvalue weighted by molar-refractivity contribution is -0.126. The first kappa shape index (κ1) is 14.3. The molecule has 21 heavy (non-hydrogen) atoms. The summed E-state index contributed by atoms with van der Waals surface area (Å²) in [5.74, 6) is 0.245. The van der Waals surface area contributed by atoms with Gasteiger partial charge in [0.05, 0.1) is 12.0 Å². The molecule has 0 spiro atoms. The van der Waals surface area contributed by atoms with Crippen LogP contribution >= 0.6 is 11.3 Å². The van der Waals surface area contributed by atoms with Gasteiger partial charge < -0.3 is 10.6 Å². The standard InChI is InChI=1S/C17H20N2OS/c20-17(14-8-4-10-18-12-14)19-16(15-9-5-11-21-15)13-6-2-1-3-7-13/h1-3,5-7,9,11,14,16,18H,4,8,10,12H2,(H,19,20)/t14-,16?/m0/s1. The molecule has 0 aliphatic carbocycles. The van der Waals surface area contributed by atoms with E-state index in [0.29, 0.717) is 0 Å². The maximum atomic E-state index is 12.5. The molecule has 2 atom stereocenters. The predicted octanol–water partition coefficient (Wildman–Crippen LogP) is 2.95. The van der Waals surface area contributed by atoms with E-state index < -0.39 is 0 Å². The van der Waals surface area contributed by atoms with Gasteiger partial charge in [-0.3, -0.25) is 4.79 Å². The highest BCUT2D eigenvalue weighted by molar-refractivity contribution is 7.10. The van der Waals surface area contributed by atoms with Crippen molar-refractivity contribution in [3.8, 4) is 0 Å². The first-order chi connectivity index (χ1) is 10.3. The maximum absolute atomic E-state index is 12.5. The van der Waals surface area contributed by atoms with Gasteiger partial charge in [-0.2, -0.15) is 0 Å². The predicted molar refractivity (Wildman–Crippen MR) is 86.3 cm³/mol. The smallest absolute Gasteiger partial charge is 0.225 e. The van der Waals surface area contributed by atoms with Gasteiger partial charge in [0.25, 0.3) is 0 Å². The van der Waals surface area contributed by atoms with Crippen molar-refractivity contribution in [1.29, 1.82) is 0 Å². The summed E-state index contributed by atoms with van der Waals surface area (Å²) in [5, 5.41) is 8.60. The second-order valence-electron chi connectivity index (χ2n) is 5.41. The molecule has 1 aromatic heterocycles. The fourth-order valence-corrected chi connectivity index (χ4v) is 3.56. The molecule has 1 aromatic carbocycles. The lowest BCUT2D eigenvalue weighted by Gasteiger charge is -2.25. The third-order valence-electron chi connectivity index (χ3n) is 3.91. The molecule has 2 N–H and O–H groups in total. The molecule has 2 heterocycles. The molecular formula is C17H20N2OS. The molecule has 0 radical (unpaired) electrons. The molecule has 1 saturated heterocycles.